The lowest BCUT2D eigenvalue weighted by Gasteiger charge is -2.10. The van der Waals surface area contributed by atoms with Crippen LogP contribution >= 0.6 is 23.2 Å². The third kappa shape index (κ3) is 4.17. The molecule has 0 fully saturated rings. The van der Waals surface area contributed by atoms with Crippen LogP contribution < -0.4 is 4.72 Å². The van der Waals surface area contributed by atoms with E-state index in [-0.39, 0.29) is 31.3 Å². The minimum Gasteiger partial charge on any atom is -0.280 e. The van der Waals surface area contributed by atoms with Gasteiger partial charge < -0.3 is 0 Å². The Labute approximate surface area is 145 Å². The Morgan fingerprint density at radius 2 is 1.57 bits per heavy atom. The number of sulfonamides is 1. The molecule has 124 valence electrons. The van der Waals surface area contributed by atoms with Gasteiger partial charge in [0.25, 0.3) is 10.0 Å². The van der Waals surface area contributed by atoms with Crippen LogP contribution in [0.3, 0.4) is 0 Å². The summed E-state index contributed by atoms with van der Waals surface area (Å²) in [7, 11) is -7.28. The third-order valence-corrected chi connectivity index (χ3v) is 6.88. The molecule has 0 radical (unpaired) electrons. The number of anilines is 1. The number of hydrogen-bond donors (Lipinski definition) is 1. The second kappa shape index (κ2) is 6.68. The fraction of sp³-hybridized carbons (Fsp3) is 0.143. The Morgan fingerprint density at radius 3 is 2.13 bits per heavy atom. The van der Waals surface area contributed by atoms with Crippen molar-refractivity contribution < 1.29 is 16.8 Å². The maximum absolute atomic E-state index is 12.3. The predicted molar refractivity (Wildman–Crippen MR) is 91.4 cm³/mol. The van der Waals surface area contributed by atoms with Crippen molar-refractivity contribution in [1.82, 2.24) is 0 Å². The summed E-state index contributed by atoms with van der Waals surface area (Å²) in [5.74, 6) is -0.0316. The molecule has 0 aliphatic carbocycles. The molecular formula is C14H13Cl2NO4S2. The zero-order chi connectivity index (χ0) is 17.3. The summed E-state index contributed by atoms with van der Waals surface area (Å²) in [5, 5.41) is 0.270. The van der Waals surface area contributed by atoms with Crippen LogP contribution in [0.1, 0.15) is 6.92 Å². The van der Waals surface area contributed by atoms with Gasteiger partial charge in [0, 0.05) is 10.7 Å². The van der Waals surface area contributed by atoms with Gasteiger partial charge >= 0.3 is 0 Å². The van der Waals surface area contributed by atoms with Crippen molar-refractivity contribution in [3.63, 3.8) is 0 Å². The van der Waals surface area contributed by atoms with Crippen molar-refractivity contribution in [2.75, 3.05) is 10.5 Å². The predicted octanol–water partition coefficient (Wildman–Crippen LogP) is 3.59. The Kier molecular flexibility index (Phi) is 5.25. The maximum Gasteiger partial charge on any atom is 0.263 e. The van der Waals surface area contributed by atoms with E-state index in [0.29, 0.717) is 0 Å². The summed E-state index contributed by atoms with van der Waals surface area (Å²) < 4.78 is 50.5. The van der Waals surface area contributed by atoms with Crippen molar-refractivity contribution in [3.8, 4) is 0 Å². The monoisotopic (exact) mass is 393 g/mol. The van der Waals surface area contributed by atoms with E-state index in [4.69, 9.17) is 23.2 Å². The van der Waals surface area contributed by atoms with Gasteiger partial charge in [0.05, 0.1) is 15.7 Å². The van der Waals surface area contributed by atoms with Gasteiger partial charge in [0.15, 0.2) is 9.84 Å². The Balaban J connectivity index is 2.33. The lowest BCUT2D eigenvalue weighted by atomic mass is 10.3. The Hall–Kier alpha value is -1.28. The summed E-state index contributed by atoms with van der Waals surface area (Å²) in [5.41, 5.74) is 0.219. The molecule has 0 saturated carbocycles. The second-order valence-corrected chi connectivity index (χ2v) is 9.38. The highest BCUT2D eigenvalue weighted by Crippen LogP contribution is 2.27. The minimum absolute atomic E-state index is 0.0316. The Bertz CT molecular complexity index is 924. The standard InChI is InChI=1S/C14H13Cl2NO4S2/c1-2-22(18,19)12-6-4-11(5-7-12)17-23(20,21)14-9-10(15)3-8-13(14)16/h3-9,17H,2H2,1H3. The molecule has 2 rings (SSSR count). The lowest BCUT2D eigenvalue weighted by molar-refractivity contribution is 0.597. The normalized spacial score (nSPS) is 12.1. The smallest absolute Gasteiger partial charge is 0.263 e. The van der Waals surface area contributed by atoms with Crippen LogP contribution in [0.4, 0.5) is 5.69 Å². The minimum atomic E-state index is -3.94. The highest BCUT2D eigenvalue weighted by Gasteiger charge is 2.19. The lowest BCUT2D eigenvalue weighted by Crippen LogP contribution is -2.13. The molecule has 0 aliphatic rings. The molecule has 0 aliphatic heterocycles. The van der Waals surface area contributed by atoms with E-state index in [1.807, 2.05) is 0 Å². The van der Waals surface area contributed by atoms with E-state index in [2.05, 4.69) is 4.72 Å². The van der Waals surface area contributed by atoms with Crippen molar-refractivity contribution in [2.45, 2.75) is 16.7 Å². The molecule has 0 spiro atoms. The van der Waals surface area contributed by atoms with E-state index in [9.17, 15) is 16.8 Å². The van der Waals surface area contributed by atoms with E-state index < -0.39 is 19.9 Å². The van der Waals surface area contributed by atoms with Crippen LogP contribution in [0.5, 0.6) is 0 Å². The number of nitrogens with one attached hydrogen (secondary N) is 1. The average molecular weight is 394 g/mol. The van der Waals surface area contributed by atoms with Gasteiger partial charge in [-0.1, -0.05) is 30.1 Å². The van der Waals surface area contributed by atoms with E-state index in [0.717, 1.165) is 0 Å². The molecule has 0 amide bonds. The summed E-state index contributed by atoms with van der Waals surface area (Å²) in [6.45, 7) is 1.53. The van der Waals surface area contributed by atoms with Crippen LogP contribution in [-0.2, 0) is 19.9 Å². The van der Waals surface area contributed by atoms with Gasteiger partial charge in [-0.25, -0.2) is 16.8 Å². The zero-order valence-corrected chi connectivity index (χ0v) is 15.1. The maximum atomic E-state index is 12.3. The first-order valence-electron chi connectivity index (χ1n) is 6.46. The molecule has 2 aromatic carbocycles. The number of sulfone groups is 1. The molecule has 0 aromatic heterocycles. The highest BCUT2D eigenvalue weighted by atomic mass is 35.5. The SMILES string of the molecule is CCS(=O)(=O)c1ccc(NS(=O)(=O)c2cc(Cl)ccc2Cl)cc1. The third-order valence-electron chi connectivity index (χ3n) is 3.03. The van der Waals surface area contributed by atoms with Gasteiger partial charge in [0.2, 0.25) is 0 Å². The molecule has 2 aromatic rings. The van der Waals surface area contributed by atoms with E-state index in [1.165, 1.54) is 49.4 Å². The Morgan fingerprint density at radius 1 is 0.957 bits per heavy atom. The van der Waals surface area contributed by atoms with Crippen molar-refractivity contribution in [1.29, 1.82) is 0 Å². The first kappa shape index (κ1) is 18.1. The number of rotatable bonds is 5. The van der Waals surface area contributed by atoms with Crippen LogP contribution in [0.25, 0.3) is 0 Å². The number of benzene rings is 2. The van der Waals surface area contributed by atoms with Crippen molar-refractivity contribution in [3.05, 3.63) is 52.5 Å². The molecule has 9 heteroatoms. The molecule has 1 N–H and O–H groups in total. The molecule has 0 atom stereocenters. The summed E-state index contributed by atoms with van der Waals surface area (Å²) >= 11 is 11.7. The summed E-state index contributed by atoms with van der Waals surface area (Å²) in [6, 6.07) is 9.54. The molecule has 0 saturated heterocycles. The van der Waals surface area contributed by atoms with E-state index >= 15 is 0 Å². The summed E-state index contributed by atoms with van der Waals surface area (Å²) in [6.07, 6.45) is 0. The molecule has 23 heavy (non-hydrogen) atoms. The quantitative estimate of drug-likeness (QED) is 0.841. The van der Waals surface area contributed by atoms with Crippen LogP contribution in [0.15, 0.2) is 52.3 Å². The fourth-order valence-corrected chi connectivity index (χ4v) is 4.50. The average Bonchev–Trinajstić information content (AvgIpc) is 2.49. The largest absolute Gasteiger partial charge is 0.280 e. The molecule has 5 nitrogen and oxygen atoms in total. The van der Waals surface area contributed by atoms with Gasteiger partial charge in [-0.15, -0.1) is 0 Å². The first-order valence-corrected chi connectivity index (χ1v) is 10.4. The number of halogens is 2. The molecule has 0 heterocycles. The fourth-order valence-electron chi connectivity index (χ4n) is 1.79. The summed E-state index contributed by atoms with van der Waals surface area (Å²) in [4.78, 5) is -0.0272. The van der Waals surface area contributed by atoms with E-state index in [1.54, 1.807) is 0 Å². The molecule has 0 unspecified atom stereocenters. The number of hydrogen-bond acceptors (Lipinski definition) is 4. The zero-order valence-electron chi connectivity index (χ0n) is 12.0. The van der Waals surface area contributed by atoms with Crippen molar-refractivity contribution in [2.24, 2.45) is 0 Å². The van der Waals surface area contributed by atoms with Gasteiger partial charge in [-0.3, -0.25) is 4.72 Å². The van der Waals surface area contributed by atoms with Crippen LogP contribution in [0, 0.1) is 0 Å². The van der Waals surface area contributed by atoms with Gasteiger partial charge in [-0.05, 0) is 42.5 Å². The van der Waals surface area contributed by atoms with Crippen LogP contribution in [0.2, 0.25) is 10.0 Å². The van der Waals surface area contributed by atoms with Crippen LogP contribution in [-0.4, -0.2) is 22.6 Å². The molecule has 0 bridgehead atoms. The highest BCUT2D eigenvalue weighted by molar-refractivity contribution is 7.93. The second-order valence-electron chi connectivity index (χ2n) is 4.61. The molecular weight excluding hydrogens is 381 g/mol. The first-order chi connectivity index (χ1) is 10.7. The van der Waals surface area contributed by atoms with Crippen molar-refractivity contribution >= 4 is 48.7 Å². The van der Waals surface area contributed by atoms with Gasteiger partial charge in [-0.2, -0.15) is 0 Å². The van der Waals surface area contributed by atoms with Gasteiger partial charge in [0.1, 0.15) is 4.90 Å². The topological polar surface area (TPSA) is 80.3 Å².